The zero-order valence-corrected chi connectivity index (χ0v) is 14.7. The number of nitrogens with zero attached hydrogens (tertiary/aromatic N) is 1. The van der Waals surface area contributed by atoms with Crippen LogP contribution in [0.3, 0.4) is 0 Å². The van der Waals surface area contributed by atoms with Crippen molar-refractivity contribution in [3.8, 4) is 11.5 Å². The number of carbonyl (C=O) groups is 1. The lowest BCUT2D eigenvalue weighted by Gasteiger charge is -2.12. The van der Waals surface area contributed by atoms with E-state index in [1.807, 2.05) is 38.1 Å². The van der Waals surface area contributed by atoms with Crippen LogP contribution in [-0.4, -0.2) is 26.0 Å². The number of methoxy groups -OCH3 is 2. The van der Waals surface area contributed by atoms with E-state index in [-0.39, 0.29) is 5.91 Å². The fraction of sp³-hybridized carbons (Fsp3) is 0.200. The third kappa shape index (κ3) is 3.26. The number of benzene rings is 2. The molecule has 0 saturated heterocycles. The van der Waals surface area contributed by atoms with Gasteiger partial charge in [0, 0.05) is 0 Å². The SMILES string of the molecule is COc1cccc(OC)c1C1=N/C(=C/c2cc(C)ccc2C)C(=O)N1. The van der Waals surface area contributed by atoms with Crippen LogP contribution in [0.25, 0.3) is 6.08 Å². The molecule has 1 aliphatic heterocycles. The summed E-state index contributed by atoms with van der Waals surface area (Å²) in [5.74, 6) is 1.36. The van der Waals surface area contributed by atoms with E-state index in [1.54, 1.807) is 32.4 Å². The number of rotatable bonds is 4. The summed E-state index contributed by atoms with van der Waals surface area (Å²) >= 11 is 0. The predicted octanol–water partition coefficient (Wildman–Crippen LogP) is 3.24. The molecule has 0 spiro atoms. The first kappa shape index (κ1) is 16.8. The molecule has 128 valence electrons. The van der Waals surface area contributed by atoms with Crippen LogP contribution in [0.4, 0.5) is 0 Å². The van der Waals surface area contributed by atoms with E-state index in [0.29, 0.717) is 28.6 Å². The second-order valence-electron chi connectivity index (χ2n) is 5.84. The van der Waals surface area contributed by atoms with Crippen LogP contribution in [0.5, 0.6) is 11.5 Å². The highest BCUT2D eigenvalue weighted by molar-refractivity contribution is 6.21. The first-order valence-corrected chi connectivity index (χ1v) is 7.94. The summed E-state index contributed by atoms with van der Waals surface area (Å²) in [6, 6.07) is 11.5. The lowest BCUT2D eigenvalue weighted by atomic mass is 10.0. The van der Waals surface area contributed by atoms with E-state index in [1.165, 1.54) is 0 Å². The zero-order chi connectivity index (χ0) is 18.0. The highest BCUT2D eigenvalue weighted by Crippen LogP contribution is 2.30. The fourth-order valence-corrected chi connectivity index (χ4v) is 2.73. The Morgan fingerprint density at radius 1 is 1.04 bits per heavy atom. The summed E-state index contributed by atoms with van der Waals surface area (Å²) < 4.78 is 10.8. The van der Waals surface area contributed by atoms with Gasteiger partial charge in [-0.05, 0) is 43.2 Å². The second kappa shape index (κ2) is 6.81. The van der Waals surface area contributed by atoms with Crippen molar-refractivity contribution in [3.05, 3.63) is 64.3 Å². The second-order valence-corrected chi connectivity index (χ2v) is 5.84. The van der Waals surface area contributed by atoms with E-state index in [4.69, 9.17) is 9.47 Å². The van der Waals surface area contributed by atoms with Gasteiger partial charge in [0.15, 0.2) is 0 Å². The largest absolute Gasteiger partial charge is 0.496 e. The zero-order valence-electron chi connectivity index (χ0n) is 14.7. The van der Waals surface area contributed by atoms with Crippen LogP contribution in [-0.2, 0) is 4.79 Å². The van der Waals surface area contributed by atoms with E-state index in [0.717, 1.165) is 16.7 Å². The third-order valence-electron chi connectivity index (χ3n) is 4.09. The summed E-state index contributed by atoms with van der Waals surface area (Å²) in [5, 5.41) is 2.81. The maximum absolute atomic E-state index is 12.4. The quantitative estimate of drug-likeness (QED) is 0.872. The highest BCUT2D eigenvalue weighted by Gasteiger charge is 2.26. The monoisotopic (exact) mass is 336 g/mol. The van der Waals surface area contributed by atoms with Gasteiger partial charge in [0.1, 0.15) is 28.6 Å². The molecule has 1 heterocycles. The van der Waals surface area contributed by atoms with Gasteiger partial charge in [0.25, 0.3) is 5.91 Å². The molecular weight excluding hydrogens is 316 g/mol. The normalized spacial score (nSPS) is 15.1. The van der Waals surface area contributed by atoms with Crippen molar-refractivity contribution >= 4 is 17.8 Å². The topological polar surface area (TPSA) is 59.9 Å². The Balaban J connectivity index is 2.07. The van der Waals surface area contributed by atoms with Crippen molar-refractivity contribution in [3.63, 3.8) is 0 Å². The molecule has 25 heavy (non-hydrogen) atoms. The number of hydrogen-bond donors (Lipinski definition) is 1. The van der Waals surface area contributed by atoms with Crippen molar-refractivity contribution in [1.82, 2.24) is 5.32 Å². The molecule has 0 atom stereocenters. The van der Waals surface area contributed by atoms with E-state index >= 15 is 0 Å². The van der Waals surface area contributed by atoms with Gasteiger partial charge in [-0.25, -0.2) is 4.99 Å². The first-order valence-electron chi connectivity index (χ1n) is 7.94. The van der Waals surface area contributed by atoms with Gasteiger partial charge < -0.3 is 14.8 Å². The number of carbonyl (C=O) groups excluding carboxylic acids is 1. The van der Waals surface area contributed by atoms with Crippen LogP contribution >= 0.6 is 0 Å². The van der Waals surface area contributed by atoms with Gasteiger partial charge in [0.05, 0.1) is 14.2 Å². The molecule has 5 nitrogen and oxygen atoms in total. The average Bonchev–Trinajstić information content (AvgIpc) is 2.97. The summed E-state index contributed by atoms with van der Waals surface area (Å²) in [5.41, 5.74) is 4.18. The summed E-state index contributed by atoms with van der Waals surface area (Å²) in [6.07, 6.45) is 1.80. The van der Waals surface area contributed by atoms with E-state index in [2.05, 4.69) is 10.3 Å². The van der Waals surface area contributed by atoms with Gasteiger partial charge in [-0.15, -0.1) is 0 Å². The van der Waals surface area contributed by atoms with Gasteiger partial charge in [-0.1, -0.05) is 29.8 Å². The summed E-state index contributed by atoms with van der Waals surface area (Å²) in [4.78, 5) is 16.9. The minimum absolute atomic E-state index is 0.246. The third-order valence-corrected chi connectivity index (χ3v) is 4.09. The molecule has 3 rings (SSSR count). The molecule has 0 aliphatic carbocycles. The number of amidine groups is 1. The van der Waals surface area contributed by atoms with Crippen LogP contribution < -0.4 is 14.8 Å². The average molecular weight is 336 g/mol. The van der Waals surface area contributed by atoms with Crippen LogP contribution in [0.15, 0.2) is 47.1 Å². The Hall–Kier alpha value is -3.08. The molecule has 0 saturated carbocycles. The van der Waals surface area contributed by atoms with Gasteiger partial charge in [0.2, 0.25) is 0 Å². The Bertz CT molecular complexity index is 876. The molecule has 1 aliphatic rings. The van der Waals surface area contributed by atoms with Crippen LogP contribution in [0, 0.1) is 13.8 Å². The Kier molecular flexibility index (Phi) is 4.57. The standard InChI is InChI=1S/C20H20N2O3/c1-12-8-9-13(2)14(10-12)11-15-20(23)22-19(21-15)18-16(24-3)6-5-7-17(18)25-4/h5-11H,1-4H3,(H,21,22,23)/b15-11+. The summed E-state index contributed by atoms with van der Waals surface area (Å²) in [7, 11) is 3.14. The molecular formula is C20H20N2O3. The fourth-order valence-electron chi connectivity index (χ4n) is 2.73. The van der Waals surface area contributed by atoms with Crippen LogP contribution in [0.1, 0.15) is 22.3 Å². The number of amides is 1. The number of aliphatic imine (C=N–C) groups is 1. The molecule has 0 bridgehead atoms. The Labute approximate surface area is 147 Å². The smallest absolute Gasteiger partial charge is 0.275 e. The van der Waals surface area contributed by atoms with Crippen LogP contribution in [0.2, 0.25) is 0 Å². The lowest BCUT2D eigenvalue weighted by Crippen LogP contribution is -2.25. The molecule has 0 radical (unpaired) electrons. The predicted molar refractivity (Wildman–Crippen MR) is 98.1 cm³/mol. The number of ether oxygens (including phenoxy) is 2. The molecule has 2 aromatic carbocycles. The van der Waals surface area contributed by atoms with Gasteiger partial charge in [-0.3, -0.25) is 4.79 Å². The van der Waals surface area contributed by atoms with Crippen molar-refractivity contribution in [2.75, 3.05) is 14.2 Å². The number of nitrogens with one attached hydrogen (secondary N) is 1. The maximum atomic E-state index is 12.4. The minimum atomic E-state index is -0.246. The van der Waals surface area contributed by atoms with Crippen molar-refractivity contribution in [2.45, 2.75) is 13.8 Å². The molecule has 0 fully saturated rings. The highest BCUT2D eigenvalue weighted by atomic mass is 16.5. The molecule has 1 N–H and O–H groups in total. The molecule has 5 heteroatoms. The number of hydrogen-bond acceptors (Lipinski definition) is 4. The maximum Gasteiger partial charge on any atom is 0.275 e. The number of aryl methyl sites for hydroxylation is 2. The first-order chi connectivity index (χ1) is 12.0. The molecule has 0 aromatic heterocycles. The van der Waals surface area contributed by atoms with Crippen molar-refractivity contribution < 1.29 is 14.3 Å². The minimum Gasteiger partial charge on any atom is -0.496 e. The van der Waals surface area contributed by atoms with E-state index < -0.39 is 0 Å². The Morgan fingerprint density at radius 2 is 1.72 bits per heavy atom. The lowest BCUT2D eigenvalue weighted by molar-refractivity contribution is -0.115. The molecule has 2 aromatic rings. The van der Waals surface area contributed by atoms with Crippen molar-refractivity contribution in [2.24, 2.45) is 4.99 Å². The molecule has 0 unspecified atom stereocenters. The molecule has 1 amide bonds. The Morgan fingerprint density at radius 3 is 2.36 bits per heavy atom. The van der Waals surface area contributed by atoms with Gasteiger partial charge >= 0.3 is 0 Å². The summed E-state index contributed by atoms with van der Waals surface area (Å²) in [6.45, 7) is 4.02. The van der Waals surface area contributed by atoms with Crippen molar-refractivity contribution in [1.29, 1.82) is 0 Å². The van der Waals surface area contributed by atoms with Gasteiger partial charge in [-0.2, -0.15) is 0 Å². The van der Waals surface area contributed by atoms with E-state index in [9.17, 15) is 4.79 Å².